The molecule has 2 aliphatic rings. The van der Waals surface area contributed by atoms with Gasteiger partial charge in [-0.3, -0.25) is 4.79 Å². The normalized spacial score (nSPS) is 29.7. The zero-order chi connectivity index (χ0) is 20.4. The van der Waals surface area contributed by atoms with Crippen molar-refractivity contribution in [3.63, 3.8) is 0 Å². The Morgan fingerprint density at radius 2 is 2.04 bits per heavy atom. The maximum absolute atomic E-state index is 13.9. The number of rotatable bonds is 8. The van der Waals surface area contributed by atoms with Gasteiger partial charge in [-0.1, -0.05) is 35.9 Å². The Morgan fingerprint density at radius 1 is 1.29 bits per heavy atom. The van der Waals surface area contributed by atoms with Crippen molar-refractivity contribution < 1.29 is 13.9 Å². The van der Waals surface area contributed by atoms with Crippen molar-refractivity contribution in [2.75, 3.05) is 19.8 Å². The first kappa shape index (κ1) is 22.9. The van der Waals surface area contributed by atoms with Crippen LogP contribution < -0.4 is 5.32 Å². The van der Waals surface area contributed by atoms with E-state index in [0.29, 0.717) is 41.8 Å². The molecular weight excluding hydrogens is 377 g/mol. The van der Waals surface area contributed by atoms with Crippen molar-refractivity contribution in [3.05, 3.63) is 47.1 Å². The minimum atomic E-state index is -1.05. The number of carbonyl (C=O) groups excluding carboxylic acids is 1. The van der Waals surface area contributed by atoms with E-state index in [2.05, 4.69) is 5.32 Å². The summed E-state index contributed by atoms with van der Waals surface area (Å²) in [6.07, 6.45) is 15.8. The number of carbonyl (C=O) groups is 1. The molecule has 3 nitrogen and oxygen atoms in total. The van der Waals surface area contributed by atoms with Crippen LogP contribution in [0.25, 0.3) is 0 Å². The second-order valence-electron chi connectivity index (χ2n) is 8.11. The maximum Gasteiger partial charge on any atom is 0.251 e. The molecule has 156 valence electrons. The lowest BCUT2D eigenvalue weighted by Crippen LogP contribution is -2.34. The van der Waals surface area contributed by atoms with Gasteiger partial charge in [-0.2, -0.15) is 0 Å². The second kappa shape index (κ2) is 11.6. The van der Waals surface area contributed by atoms with Gasteiger partial charge in [0.25, 0.3) is 5.91 Å². The van der Waals surface area contributed by atoms with Gasteiger partial charge in [0.05, 0.1) is 0 Å². The summed E-state index contributed by atoms with van der Waals surface area (Å²) in [7, 11) is 0. The predicted octanol–water partition coefficient (Wildman–Crippen LogP) is 5.63. The van der Waals surface area contributed by atoms with E-state index >= 15 is 0 Å². The standard InChI is InChI=1S/C23H33ClFNO2/c1-3-4-8-21(24)15-20(7-5-6-19-11-14-28-17-19)22(27)26-16-18-9-12-23(2,25)13-10-18/h3-5,7-8,15,18-19H,6,9-14,16-17H2,1-2H3,(H,26,27)/b4-3-,7-5+,20-15-,21-8+. The molecule has 1 atom stereocenters. The van der Waals surface area contributed by atoms with Crippen molar-refractivity contribution in [1.29, 1.82) is 0 Å². The van der Waals surface area contributed by atoms with Gasteiger partial charge in [-0.05, 0) is 76.4 Å². The lowest BCUT2D eigenvalue weighted by atomic mass is 9.81. The summed E-state index contributed by atoms with van der Waals surface area (Å²) < 4.78 is 19.3. The third-order valence-electron chi connectivity index (χ3n) is 5.49. The molecule has 1 unspecified atom stereocenters. The number of halogens is 2. The lowest BCUT2D eigenvalue weighted by molar-refractivity contribution is -0.117. The maximum atomic E-state index is 13.9. The number of amides is 1. The minimum absolute atomic E-state index is 0.139. The molecule has 28 heavy (non-hydrogen) atoms. The topological polar surface area (TPSA) is 38.3 Å². The Labute approximate surface area is 173 Å². The van der Waals surface area contributed by atoms with E-state index in [1.807, 2.05) is 31.2 Å². The van der Waals surface area contributed by atoms with Crippen LogP contribution in [0.3, 0.4) is 0 Å². The molecule has 5 heteroatoms. The number of ether oxygens (including phenoxy) is 1. The highest BCUT2D eigenvalue weighted by Gasteiger charge is 2.30. The first-order chi connectivity index (χ1) is 13.4. The largest absolute Gasteiger partial charge is 0.381 e. The molecule has 1 saturated carbocycles. The average Bonchev–Trinajstić information content (AvgIpc) is 3.18. The molecule has 1 aliphatic carbocycles. The van der Waals surface area contributed by atoms with Gasteiger partial charge in [-0.15, -0.1) is 0 Å². The summed E-state index contributed by atoms with van der Waals surface area (Å²) in [6, 6.07) is 0. The molecule has 1 saturated heterocycles. The van der Waals surface area contributed by atoms with Crippen LogP contribution >= 0.6 is 11.6 Å². The molecule has 2 fully saturated rings. The third-order valence-corrected chi connectivity index (χ3v) is 5.73. The van der Waals surface area contributed by atoms with Crippen LogP contribution in [0.15, 0.2) is 47.1 Å². The summed E-state index contributed by atoms with van der Waals surface area (Å²) in [5.74, 6) is 0.717. The highest BCUT2D eigenvalue weighted by Crippen LogP contribution is 2.34. The van der Waals surface area contributed by atoms with Gasteiger partial charge >= 0.3 is 0 Å². The molecule has 0 radical (unpaired) electrons. The van der Waals surface area contributed by atoms with Crippen LogP contribution in [0, 0.1) is 11.8 Å². The summed E-state index contributed by atoms with van der Waals surface area (Å²) in [5.41, 5.74) is -0.514. The molecule has 1 N–H and O–H groups in total. The van der Waals surface area contributed by atoms with E-state index in [-0.39, 0.29) is 5.91 Å². The van der Waals surface area contributed by atoms with Crippen molar-refractivity contribution in [1.82, 2.24) is 5.32 Å². The fourth-order valence-electron chi connectivity index (χ4n) is 3.55. The van der Waals surface area contributed by atoms with Crippen molar-refractivity contribution >= 4 is 17.5 Å². The molecule has 1 aliphatic heterocycles. The second-order valence-corrected chi connectivity index (χ2v) is 8.55. The highest BCUT2D eigenvalue weighted by molar-refractivity contribution is 6.31. The molecule has 0 spiro atoms. The summed E-state index contributed by atoms with van der Waals surface area (Å²) in [5, 5.41) is 3.51. The van der Waals surface area contributed by atoms with Crippen molar-refractivity contribution in [3.8, 4) is 0 Å². The fourth-order valence-corrected chi connectivity index (χ4v) is 3.74. The summed E-state index contributed by atoms with van der Waals surface area (Å²) >= 11 is 6.24. The molecule has 0 aromatic rings. The monoisotopic (exact) mass is 409 g/mol. The minimum Gasteiger partial charge on any atom is -0.381 e. The quantitative estimate of drug-likeness (QED) is 0.416. The summed E-state index contributed by atoms with van der Waals surface area (Å²) in [4.78, 5) is 12.7. The SMILES string of the molecule is C\C=C/C=C(Cl)\C=C(\C=C\CC1CCOC1)C(=O)NCC1CCC(C)(F)CC1. The Bertz CT molecular complexity index is 621. The van der Waals surface area contributed by atoms with Gasteiger partial charge in [0, 0.05) is 30.4 Å². The Balaban J connectivity index is 1.95. The van der Waals surface area contributed by atoms with Gasteiger partial charge < -0.3 is 10.1 Å². The van der Waals surface area contributed by atoms with Crippen molar-refractivity contribution in [2.45, 2.75) is 58.0 Å². The van der Waals surface area contributed by atoms with E-state index in [4.69, 9.17) is 16.3 Å². The number of allylic oxidation sites excluding steroid dienone is 6. The summed E-state index contributed by atoms with van der Waals surface area (Å²) in [6.45, 7) is 5.76. The molecule has 2 rings (SSSR count). The first-order valence-corrected chi connectivity index (χ1v) is 10.7. The number of hydrogen-bond acceptors (Lipinski definition) is 2. The predicted molar refractivity (Wildman–Crippen MR) is 114 cm³/mol. The Hall–Kier alpha value is -1.39. The highest BCUT2D eigenvalue weighted by atomic mass is 35.5. The molecule has 0 bridgehead atoms. The van der Waals surface area contributed by atoms with Gasteiger partial charge in [-0.25, -0.2) is 4.39 Å². The average molecular weight is 410 g/mol. The molecule has 1 heterocycles. The van der Waals surface area contributed by atoms with Crippen LogP contribution in [0.2, 0.25) is 0 Å². The number of hydrogen-bond donors (Lipinski definition) is 1. The Morgan fingerprint density at radius 3 is 2.68 bits per heavy atom. The van der Waals surface area contributed by atoms with Crippen LogP contribution in [0.1, 0.15) is 52.4 Å². The smallest absolute Gasteiger partial charge is 0.251 e. The van der Waals surface area contributed by atoms with E-state index in [1.165, 1.54) is 0 Å². The van der Waals surface area contributed by atoms with Crippen LogP contribution in [0.4, 0.5) is 4.39 Å². The number of nitrogens with one attached hydrogen (secondary N) is 1. The zero-order valence-electron chi connectivity index (χ0n) is 17.1. The molecule has 0 aromatic carbocycles. The van der Waals surface area contributed by atoms with Gasteiger partial charge in [0.2, 0.25) is 0 Å². The van der Waals surface area contributed by atoms with Gasteiger partial charge in [0.15, 0.2) is 0 Å². The molecule has 0 aromatic heterocycles. The molecule has 1 amide bonds. The van der Waals surface area contributed by atoms with E-state index in [0.717, 1.165) is 38.9 Å². The lowest BCUT2D eigenvalue weighted by Gasteiger charge is -2.31. The first-order valence-electron chi connectivity index (χ1n) is 10.3. The van der Waals surface area contributed by atoms with E-state index in [9.17, 15) is 9.18 Å². The van der Waals surface area contributed by atoms with Crippen molar-refractivity contribution in [2.24, 2.45) is 11.8 Å². The molecular formula is C23H33ClFNO2. The number of alkyl halides is 1. The Kier molecular flexibility index (Phi) is 9.46. The van der Waals surface area contributed by atoms with Crippen LogP contribution in [-0.4, -0.2) is 31.3 Å². The van der Waals surface area contributed by atoms with E-state index < -0.39 is 5.67 Å². The van der Waals surface area contributed by atoms with Crippen LogP contribution in [-0.2, 0) is 9.53 Å². The van der Waals surface area contributed by atoms with E-state index in [1.54, 1.807) is 19.1 Å². The van der Waals surface area contributed by atoms with Crippen LogP contribution in [0.5, 0.6) is 0 Å². The zero-order valence-corrected chi connectivity index (χ0v) is 17.8. The third kappa shape index (κ3) is 8.32. The fraction of sp³-hybridized carbons (Fsp3) is 0.609. The van der Waals surface area contributed by atoms with Gasteiger partial charge in [0.1, 0.15) is 5.67 Å².